The first-order valence-corrected chi connectivity index (χ1v) is 9.14. The van der Waals surface area contributed by atoms with Crippen LogP contribution in [0.4, 0.5) is 8.78 Å². The molecule has 0 radical (unpaired) electrons. The lowest BCUT2D eigenvalue weighted by atomic mass is 10.1. The van der Waals surface area contributed by atoms with E-state index in [1.165, 1.54) is 10.8 Å². The summed E-state index contributed by atoms with van der Waals surface area (Å²) in [6, 6.07) is 5.65. The van der Waals surface area contributed by atoms with Crippen molar-refractivity contribution in [2.45, 2.75) is 20.0 Å². The summed E-state index contributed by atoms with van der Waals surface area (Å²) >= 11 is 0. The van der Waals surface area contributed by atoms with E-state index >= 15 is 0 Å². The van der Waals surface area contributed by atoms with Gasteiger partial charge < -0.3 is 10.2 Å². The fraction of sp³-hybridized carbons (Fsp3) is 0.150. The monoisotopic (exact) mass is 427 g/mol. The molecule has 0 unspecified atom stereocenters. The van der Waals surface area contributed by atoms with Crippen LogP contribution in [-0.2, 0) is 13.1 Å². The number of hydrogen-bond donors (Lipinski definition) is 1. The van der Waals surface area contributed by atoms with Crippen molar-refractivity contribution >= 4 is 22.9 Å². The van der Waals surface area contributed by atoms with Crippen molar-refractivity contribution in [3.05, 3.63) is 70.0 Å². The van der Waals surface area contributed by atoms with Gasteiger partial charge in [0.15, 0.2) is 28.7 Å². The van der Waals surface area contributed by atoms with Gasteiger partial charge in [-0.2, -0.15) is 0 Å². The van der Waals surface area contributed by atoms with Gasteiger partial charge in [-0.1, -0.05) is 0 Å². The van der Waals surface area contributed by atoms with Crippen molar-refractivity contribution in [2.24, 2.45) is 5.73 Å². The molecule has 0 fully saturated rings. The van der Waals surface area contributed by atoms with Crippen molar-refractivity contribution in [1.82, 2.24) is 19.1 Å². The van der Waals surface area contributed by atoms with Crippen LogP contribution < -0.4 is 11.4 Å². The Balaban J connectivity index is 1.93. The Bertz CT molecular complexity index is 1390. The zero-order chi connectivity index (χ0) is 22.3. The summed E-state index contributed by atoms with van der Waals surface area (Å²) in [6.07, 6.45) is 1.39. The molecular weight excluding hydrogens is 412 g/mol. The number of ketones is 1. The SMILES string of the molecule is CCn1c(=O)n(CC(=O)c2ccc(F)cc2F)c2c(C(N)=O)nc(-c3ccco3)nc21. The van der Waals surface area contributed by atoms with Crippen LogP contribution in [0.3, 0.4) is 0 Å². The van der Waals surface area contributed by atoms with Crippen LogP contribution in [0.15, 0.2) is 45.8 Å². The van der Waals surface area contributed by atoms with Crippen molar-refractivity contribution in [3.8, 4) is 11.6 Å². The number of nitrogens with two attached hydrogens (primary N) is 1. The van der Waals surface area contributed by atoms with Crippen molar-refractivity contribution in [3.63, 3.8) is 0 Å². The Labute approximate surface area is 172 Å². The zero-order valence-electron chi connectivity index (χ0n) is 16.1. The summed E-state index contributed by atoms with van der Waals surface area (Å²) in [5.74, 6) is -3.39. The predicted octanol–water partition coefficient (Wildman–Crippen LogP) is 2.13. The van der Waals surface area contributed by atoms with Crippen LogP contribution in [0.5, 0.6) is 0 Å². The molecule has 0 bridgehead atoms. The first-order valence-electron chi connectivity index (χ1n) is 9.14. The lowest BCUT2D eigenvalue weighted by Gasteiger charge is -2.07. The maximum absolute atomic E-state index is 14.0. The number of nitrogens with zero attached hydrogens (tertiary/aromatic N) is 4. The fourth-order valence-electron chi connectivity index (χ4n) is 3.28. The smallest absolute Gasteiger partial charge is 0.330 e. The Kier molecular flexibility index (Phi) is 4.93. The first-order chi connectivity index (χ1) is 14.8. The van der Waals surface area contributed by atoms with Crippen LogP contribution in [0.25, 0.3) is 22.7 Å². The number of fused-ring (bicyclic) bond motifs is 1. The standard InChI is InChI=1S/C20H15F2N5O4/c1-2-26-19-16(15(17(23)29)24-18(25-19)14-4-3-7-31-14)27(20(26)30)9-13(28)11-6-5-10(21)8-12(11)22/h3-8H,2,9H2,1H3,(H2,23,29). The Morgan fingerprint density at radius 2 is 1.94 bits per heavy atom. The van der Waals surface area contributed by atoms with E-state index in [1.54, 1.807) is 19.1 Å². The number of aryl methyl sites for hydroxylation is 1. The van der Waals surface area contributed by atoms with E-state index in [9.17, 15) is 23.2 Å². The number of benzene rings is 1. The molecule has 4 aromatic rings. The third-order valence-corrected chi connectivity index (χ3v) is 4.68. The van der Waals surface area contributed by atoms with Gasteiger partial charge in [0.2, 0.25) is 0 Å². The molecule has 11 heteroatoms. The number of hydrogen-bond acceptors (Lipinski definition) is 6. The zero-order valence-corrected chi connectivity index (χ0v) is 16.1. The number of halogens is 2. The second-order valence-electron chi connectivity index (χ2n) is 6.57. The van der Waals surface area contributed by atoms with Crippen molar-refractivity contribution < 1.29 is 22.8 Å². The molecule has 9 nitrogen and oxygen atoms in total. The molecule has 0 atom stereocenters. The highest BCUT2D eigenvalue weighted by atomic mass is 19.1. The first kappa shape index (κ1) is 20.1. The second kappa shape index (κ2) is 7.59. The average Bonchev–Trinajstić information content (AvgIpc) is 3.34. The van der Waals surface area contributed by atoms with Crippen LogP contribution in [0.2, 0.25) is 0 Å². The third-order valence-electron chi connectivity index (χ3n) is 4.68. The van der Waals surface area contributed by atoms with Gasteiger partial charge in [0.05, 0.1) is 18.4 Å². The number of carbonyl (C=O) groups is 2. The molecule has 4 rings (SSSR count). The number of aromatic nitrogens is 4. The molecule has 2 N–H and O–H groups in total. The second-order valence-corrected chi connectivity index (χ2v) is 6.57. The number of rotatable bonds is 6. The van der Waals surface area contributed by atoms with E-state index < -0.39 is 41.1 Å². The summed E-state index contributed by atoms with van der Waals surface area (Å²) in [7, 11) is 0. The molecule has 0 aliphatic carbocycles. The molecular formula is C20H15F2N5O4. The number of amides is 1. The van der Waals surface area contributed by atoms with E-state index in [4.69, 9.17) is 10.2 Å². The van der Waals surface area contributed by atoms with Crippen LogP contribution in [-0.4, -0.2) is 30.8 Å². The van der Waals surface area contributed by atoms with Gasteiger partial charge in [0.1, 0.15) is 17.2 Å². The molecule has 0 saturated heterocycles. The maximum Gasteiger partial charge on any atom is 0.330 e. The summed E-state index contributed by atoms with van der Waals surface area (Å²) in [6.45, 7) is 1.20. The summed E-state index contributed by atoms with van der Waals surface area (Å²) in [5, 5.41) is 0. The molecule has 0 aliphatic heterocycles. The van der Waals surface area contributed by atoms with Crippen LogP contribution in [0.1, 0.15) is 27.8 Å². The minimum Gasteiger partial charge on any atom is -0.461 e. The van der Waals surface area contributed by atoms with Gasteiger partial charge in [0, 0.05) is 12.6 Å². The number of imidazole rings is 1. The molecule has 3 heterocycles. The van der Waals surface area contributed by atoms with Crippen LogP contribution >= 0.6 is 0 Å². The minimum absolute atomic E-state index is 0.0292. The lowest BCUT2D eigenvalue weighted by Crippen LogP contribution is -2.27. The van der Waals surface area contributed by atoms with Gasteiger partial charge >= 0.3 is 5.69 Å². The summed E-state index contributed by atoms with van der Waals surface area (Å²) < 4.78 is 34.7. The van der Waals surface area contributed by atoms with E-state index in [1.807, 2.05) is 0 Å². The third kappa shape index (κ3) is 3.39. The Morgan fingerprint density at radius 1 is 1.16 bits per heavy atom. The molecule has 3 aromatic heterocycles. The number of furan rings is 1. The minimum atomic E-state index is -1.07. The van der Waals surface area contributed by atoms with Crippen molar-refractivity contribution in [1.29, 1.82) is 0 Å². The highest BCUT2D eigenvalue weighted by Gasteiger charge is 2.25. The fourth-order valence-corrected chi connectivity index (χ4v) is 3.28. The molecule has 1 amide bonds. The van der Waals surface area contributed by atoms with Gasteiger partial charge in [-0.3, -0.25) is 18.7 Å². The molecule has 158 valence electrons. The van der Waals surface area contributed by atoms with E-state index in [0.29, 0.717) is 6.07 Å². The molecule has 0 spiro atoms. The van der Waals surface area contributed by atoms with E-state index in [-0.39, 0.29) is 35.0 Å². The number of primary amides is 1. The molecule has 0 saturated carbocycles. The average molecular weight is 427 g/mol. The van der Waals surface area contributed by atoms with E-state index in [0.717, 1.165) is 16.7 Å². The van der Waals surface area contributed by atoms with Crippen LogP contribution in [0, 0.1) is 11.6 Å². The van der Waals surface area contributed by atoms with Gasteiger partial charge in [0.25, 0.3) is 5.91 Å². The van der Waals surface area contributed by atoms with Gasteiger partial charge in [-0.05, 0) is 31.2 Å². The maximum atomic E-state index is 14.0. The highest BCUT2D eigenvalue weighted by Crippen LogP contribution is 2.22. The van der Waals surface area contributed by atoms with Gasteiger partial charge in [-0.15, -0.1) is 0 Å². The molecule has 1 aromatic carbocycles. The quantitative estimate of drug-likeness (QED) is 0.470. The number of Topliss-reactive ketones (excluding diaryl/α,β-unsaturated/α-hetero) is 1. The summed E-state index contributed by atoms with van der Waals surface area (Å²) in [5.41, 5.74) is 4.12. The predicted molar refractivity (Wildman–Crippen MR) is 104 cm³/mol. The Hall–Kier alpha value is -4.15. The number of carbonyl (C=O) groups excluding carboxylic acids is 2. The lowest BCUT2D eigenvalue weighted by molar-refractivity contribution is 0.0962. The topological polar surface area (TPSA) is 126 Å². The van der Waals surface area contributed by atoms with Crippen molar-refractivity contribution in [2.75, 3.05) is 0 Å². The van der Waals surface area contributed by atoms with Gasteiger partial charge in [-0.25, -0.2) is 23.5 Å². The van der Waals surface area contributed by atoms with E-state index in [2.05, 4.69) is 9.97 Å². The molecule has 31 heavy (non-hydrogen) atoms. The highest BCUT2D eigenvalue weighted by molar-refractivity contribution is 6.03. The largest absolute Gasteiger partial charge is 0.461 e. The normalized spacial score (nSPS) is 11.2. The Morgan fingerprint density at radius 3 is 2.55 bits per heavy atom. The molecule has 0 aliphatic rings. The summed E-state index contributed by atoms with van der Waals surface area (Å²) in [4.78, 5) is 46.2.